The van der Waals surface area contributed by atoms with Gasteiger partial charge in [-0.15, -0.1) is 0 Å². The van der Waals surface area contributed by atoms with Gasteiger partial charge in [0.2, 0.25) is 0 Å². The van der Waals surface area contributed by atoms with Crippen LogP contribution in [-0.4, -0.2) is 15.1 Å². The molecule has 2 N–H and O–H groups in total. The average Bonchev–Trinajstić information content (AvgIpc) is 2.82. The van der Waals surface area contributed by atoms with Gasteiger partial charge < -0.3 is 14.7 Å². The topological polar surface area (TPSA) is 91.0 Å². The minimum atomic E-state index is -0.00717. The van der Waals surface area contributed by atoms with Gasteiger partial charge in [0.15, 0.2) is 5.58 Å². The number of nitrogens with zero attached hydrogens (tertiary/aromatic N) is 3. The van der Waals surface area contributed by atoms with Crippen LogP contribution in [0.2, 0.25) is 0 Å². The largest absolute Gasteiger partial charge is 0.433 e. The van der Waals surface area contributed by atoms with Crippen molar-refractivity contribution in [1.82, 2.24) is 15.1 Å². The quantitative estimate of drug-likeness (QED) is 0.642. The van der Waals surface area contributed by atoms with Gasteiger partial charge in [0, 0.05) is 0 Å². The summed E-state index contributed by atoms with van der Waals surface area (Å²) in [5.41, 5.74) is 6.72. The molecule has 2 aromatic heterocycles. The van der Waals surface area contributed by atoms with Crippen LogP contribution in [0.15, 0.2) is 33.2 Å². The Balaban J connectivity index is 2.19. The second-order valence-corrected chi connectivity index (χ2v) is 2.94. The number of oxazole rings is 1. The fourth-order valence-corrected chi connectivity index (χ4v) is 1.29. The fourth-order valence-electron chi connectivity index (χ4n) is 1.29. The highest BCUT2D eigenvalue weighted by Crippen LogP contribution is 2.21. The van der Waals surface area contributed by atoms with E-state index in [-0.39, 0.29) is 11.8 Å². The lowest BCUT2D eigenvalue weighted by Crippen LogP contribution is -1.83. The Labute approximate surface area is 83.7 Å². The third-order valence-electron chi connectivity index (χ3n) is 1.93. The number of nitrogen functional groups attached to an aromatic ring is 1. The van der Waals surface area contributed by atoms with Gasteiger partial charge in [-0.2, -0.15) is 4.98 Å². The van der Waals surface area contributed by atoms with Gasteiger partial charge in [-0.25, -0.2) is 4.98 Å². The summed E-state index contributed by atoms with van der Waals surface area (Å²) in [6.45, 7) is 0. The van der Waals surface area contributed by atoms with E-state index in [0.29, 0.717) is 11.5 Å². The standard InChI is InChI=1S/C9H6N4O2/c10-9-12-7(13-15-9)8-11-5-3-1-2-4-6(5)14-8/h1-4H,(H2,10,12,13). The summed E-state index contributed by atoms with van der Waals surface area (Å²) < 4.78 is 10.0. The van der Waals surface area contributed by atoms with Crippen LogP contribution in [0, 0.1) is 0 Å². The predicted molar refractivity (Wildman–Crippen MR) is 51.7 cm³/mol. The van der Waals surface area contributed by atoms with E-state index in [1.54, 1.807) is 0 Å². The zero-order chi connectivity index (χ0) is 10.3. The van der Waals surface area contributed by atoms with E-state index in [4.69, 9.17) is 10.2 Å². The van der Waals surface area contributed by atoms with Crippen molar-refractivity contribution in [3.63, 3.8) is 0 Å². The third-order valence-corrected chi connectivity index (χ3v) is 1.93. The molecule has 3 aromatic rings. The molecule has 0 aliphatic rings. The monoisotopic (exact) mass is 202 g/mol. The van der Waals surface area contributed by atoms with E-state index < -0.39 is 0 Å². The fraction of sp³-hybridized carbons (Fsp3) is 0. The zero-order valence-corrected chi connectivity index (χ0v) is 7.54. The van der Waals surface area contributed by atoms with Crippen LogP contribution in [0.5, 0.6) is 0 Å². The molecule has 74 valence electrons. The molecule has 0 radical (unpaired) electrons. The Bertz CT molecular complexity index is 580. The van der Waals surface area contributed by atoms with Crippen molar-refractivity contribution in [2.75, 3.05) is 5.73 Å². The molecule has 0 spiro atoms. The van der Waals surface area contributed by atoms with Gasteiger partial charge in [-0.05, 0) is 17.3 Å². The molecule has 15 heavy (non-hydrogen) atoms. The number of nitrogens with two attached hydrogens (primary N) is 1. The number of benzene rings is 1. The van der Waals surface area contributed by atoms with E-state index in [1.807, 2.05) is 24.3 Å². The van der Waals surface area contributed by atoms with Crippen molar-refractivity contribution < 1.29 is 8.94 Å². The summed E-state index contributed by atoms with van der Waals surface area (Å²) in [7, 11) is 0. The molecular weight excluding hydrogens is 196 g/mol. The second kappa shape index (κ2) is 2.81. The maximum absolute atomic E-state index is 5.42. The van der Waals surface area contributed by atoms with Crippen molar-refractivity contribution in [2.24, 2.45) is 0 Å². The first-order chi connectivity index (χ1) is 7.33. The molecule has 0 amide bonds. The van der Waals surface area contributed by atoms with Gasteiger partial charge in [0.25, 0.3) is 11.7 Å². The maximum Gasteiger partial charge on any atom is 0.319 e. The Morgan fingerprint density at radius 3 is 2.73 bits per heavy atom. The number of aromatic nitrogens is 3. The first-order valence-corrected chi connectivity index (χ1v) is 4.28. The van der Waals surface area contributed by atoms with Crippen LogP contribution < -0.4 is 5.73 Å². The zero-order valence-electron chi connectivity index (χ0n) is 7.54. The smallest absolute Gasteiger partial charge is 0.319 e. The maximum atomic E-state index is 5.42. The number of anilines is 1. The summed E-state index contributed by atoms with van der Waals surface area (Å²) in [5.74, 6) is 0.556. The lowest BCUT2D eigenvalue weighted by Gasteiger charge is -1.81. The molecule has 6 nitrogen and oxygen atoms in total. The van der Waals surface area contributed by atoms with Crippen LogP contribution in [-0.2, 0) is 0 Å². The Morgan fingerprint density at radius 2 is 2.00 bits per heavy atom. The summed E-state index contributed by atoms with van der Waals surface area (Å²) in [5, 5.41) is 3.61. The third kappa shape index (κ3) is 1.23. The highest BCUT2D eigenvalue weighted by atomic mass is 16.5. The Hall–Kier alpha value is -2.37. The van der Waals surface area contributed by atoms with Crippen LogP contribution in [0.1, 0.15) is 0 Å². The lowest BCUT2D eigenvalue weighted by molar-refractivity contribution is 0.434. The van der Waals surface area contributed by atoms with Crippen molar-refractivity contribution in [3.05, 3.63) is 24.3 Å². The lowest BCUT2D eigenvalue weighted by atomic mass is 10.3. The molecular formula is C9H6N4O2. The molecule has 0 bridgehead atoms. The van der Waals surface area contributed by atoms with Gasteiger partial charge in [0.05, 0.1) is 0 Å². The molecule has 0 aliphatic heterocycles. The number of fused-ring (bicyclic) bond motifs is 1. The molecule has 6 heteroatoms. The summed E-state index contributed by atoms with van der Waals surface area (Å²) in [4.78, 5) is 8.01. The number of hydrogen-bond acceptors (Lipinski definition) is 6. The molecule has 0 atom stereocenters. The predicted octanol–water partition coefficient (Wildman–Crippen LogP) is 1.46. The van der Waals surface area contributed by atoms with E-state index in [2.05, 4.69) is 19.6 Å². The van der Waals surface area contributed by atoms with E-state index in [1.165, 1.54) is 0 Å². The first kappa shape index (κ1) is 7.98. The highest BCUT2D eigenvalue weighted by molar-refractivity contribution is 5.74. The van der Waals surface area contributed by atoms with Crippen molar-refractivity contribution in [3.8, 4) is 11.7 Å². The highest BCUT2D eigenvalue weighted by Gasteiger charge is 2.13. The Morgan fingerprint density at radius 1 is 1.13 bits per heavy atom. The minimum absolute atomic E-state index is 0.00717. The molecule has 0 unspecified atom stereocenters. The number of rotatable bonds is 1. The molecule has 0 saturated carbocycles. The second-order valence-electron chi connectivity index (χ2n) is 2.94. The normalized spacial score (nSPS) is 10.9. The van der Waals surface area contributed by atoms with Crippen molar-refractivity contribution in [1.29, 1.82) is 0 Å². The van der Waals surface area contributed by atoms with Crippen molar-refractivity contribution >= 4 is 17.1 Å². The SMILES string of the molecule is Nc1nc(-c2nc3ccccc3o2)no1. The summed E-state index contributed by atoms with van der Waals surface area (Å²) >= 11 is 0. The van der Waals surface area contributed by atoms with Gasteiger partial charge in [-0.1, -0.05) is 12.1 Å². The van der Waals surface area contributed by atoms with Crippen molar-refractivity contribution in [2.45, 2.75) is 0 Å². The Kier molecular flexibility index (Phi) is 1.49. The van der Waals surface area contributed by atoms with Crippen LogP contribution >= 0.6 is 0 Å². The number of hydrogen-bond donors (Lipinski definition) is 1. The number of para-hydroxylation sites is 2. The van der Waals surface area contributed by atoms with E-state index >= 15 is 0 Å². The average molecular weight is 202 g/mol. The molecule has 0 saturated heterocycles. The van der Waals surface area contributed by atoms with Crippen LogP contribution in [0.4, 0.5) is 6.01 Å². The van der Waals surface area contributed by atoms with Gasteiger partial charge in [0.1, 0.15) is 5.52 Å². The van der Waals surface area contributed by atoms with E-state index in [9.17, 15) is 0 Å². The van der Waals surface area contributed by atoms with Gasteiger partial charge >= 0.3 is 6.01 Å². The van der Waals surface area contributed by atoms with E-state index in [0.717, 1.165) is 5.52 Å². The summed E-state index contributed by atoms with van der Waals surface area (Å²) in [6.07, 6.45) is 0. The van der Waals surface area contributed by atoms with Crippen LogP contribution in [0.3, 0.4) is 0 Å². The first-order valence-electron chi connectivity index (χ1n) is 4.28. The minimum Gasteiger partial charge on any atom is -0.433 e. The molecule has 0 aliphatic carbocycles. The molecule has 2 heterocycles. The molecule has 0 fully saturated rings. The molecule has 3 rings (SSSR count). The molecule has 1 aromatic carbocycles. The summed E-state index contributed by atoms with van der Waals surface area (Å²) in [6, 6.07) is 7.38. The van der Waals surface area contributed by atoms with Crippen LogP contribution in [0.25, 0.3) is 22.8 Å². The van der Waals surface area contributed by atoms with Gasteiger partial charge in [-0.3, -0.25) is 0 Å².